The molecule has 0 spiro atoms. The van der Waals surface area contributed by atoms with Crippen molar-refractivity contribution in [2.24, 2.45) is 35.5 Å². The first kappa shape index (κ1) is 12.3. The normalized spacial score (nSPS) is 40.7. The van der Waals surface area contributed by atoms with Crippen LogP contribution in [-0.2, 0) is 9.59 Å². The van der Waals surface area contributed by atoms with Gasteiger partial charge < -0.3 is 0 Å². The molecule has 4 aliphatic carbocycles. The lowest BCUT2D eigenvalue weighted by atomic mass is 9.50. The highest BCUT2D eigenvalue weighted by Crippen LogP contribution is 2.59. The maximum absolute atomic E-state index is 14.1. The van der Waals surface area contributed by atoms with Crippen LogP contribution in [-0.4, -0.2) is 11.8 Å². The number of hydrogen-bond donors (Lipinski definition) is 0. The molecule has 4 heteroatoms. The Morgan fingerprint density at radius 1 is 0.773 bits per heavy atom. The molecule has 6 rings (SSSR count). The minimum Gasteiger partial charge on any atom is -0.274 e. The number of carbonyl (C=O) groups excluding carboxylic acids is 2. The third-order valence-electron chi connectivity index (χ3n) is 5.77. The van der Waals surface area contributed by atoms with Crippen LogP contribution >= 0.6 is 0 Å². The summed E-state index contributed by atoms with van der Waals surface area (Å²) in [5, 5.41) is 0. The Bertz CT molecular complexity index is 728. The topological polar surface area (TPSA) is 37.4 Å². The van der Waals surface area contributed by atoms with Gasteiger partial charge in [-0.1, -0.05) is 36.4 Å². The standard InChI is InChI=1S/C18H14FNO2/c19-13-3-1-2-4-14(13)20-17(21)15-11-7-8-12(16(15)18(20)22)10-6-5-9(10)11/h1-12,15-16H/t9-,10+,11-,12+,15-,16+. The summed E-state index contributed by atoms with van der Waals surface area (Å²) in [6, 6.07) is 6.01. The molecule has 0 aromatic heterocycles. The zero-order valence-corrected chi connectivity index (χ0v) is 11.7. The molecule has 6 atom stereocenters. The number of imide groups is 1. The number of halogens is 1. The number of para-hydroxylation sites is 1. The van der Waals surface area contributed by atoms with Crippen LogP contribution in [0, 0.1) is 41.3 Å². The summed E-state index contributed by atoms with van der Waals surface area (Å²) in [6.45, 7) is 0. The molecule has 2 fully saturated rings. The van der Waals surface area contributed by atoms with Crippen LogP contribution in [0.3, 0.4) is 0 Å². The molecule has 0 radical (unpaired) electrons. The SMILES string of the molecule is O=C1[C@@H]2[C@@H]3C=C[C@@H]([C@H]4C=C[C@H]43)[C@@H]2C(=O)N1c1ccccc1F. The van der Waals surface area contributed by atoms with E-state index in [4.69, 9.17) is 0 Å². The van der Waals surface area contributed by atoms with Crippen LogP contribution < -0.4 is 4.90 Å². The zero-order valence-electron chi connectivity index (χ0n) is 11.7. The highest BCUT2D eigenvalue weighted by molar-refractivity contribution is 6.22. The van der Waals surface area contributed by atoms with Gasteiger partial charge in [0.05, 0.1) is 17.5 Å². The quantitative estimate of drug-likeness (QED) is 0.590. The van der Waals surface area contributed by atoms with Crippen molar-refractivity contribution in [1.82, 2.24) is 0 Å². The Balaban J connectivity index is 1.62. The molecule has 2 bridgehead atoms. The van der Waals surface area contributed by atoms with Crippen molar-refractivity contribution < 1.29 is 14.0 Å². The summed E-state index contributed by atoms with van der Waals surface area (Å²) < 4.78 is 14.1. The second-order valence-electron chi connectivity index (χ2n) is 6.59. The molecule has 0 N–H and O–H groups in total. The summed E-state index contributed by atoms with van der Waals surface area (Å²) in [5.41, 5.74) is 0.0895. The van der Waals surface area contributed by atoms with Gasteiger partial charge in [0.25, 0.3) is 0 Å². The molecule has 5 aliphatic rings. The number of amides is 2. The molecule has 3 nitrogen and oxygen atoms in total. The average molecular weight is 295 g/mol. The van der Waals surface area contributed by atoms with E-state index in [1.54, 1.807) is 12.1 Å². The third-order valence-corrected chi connectivity index (χ3v) is 5.77. The van der Waals surface area contributed by atoms with E-state index in [0.29, 0.717) is 11.8 Å². The highest BCUT2D eigenvalue weighted by Gasteiger charge is 2.63. The van der Waals surface area contributed by atoms with E-state index in [1.165, 1.54) is 12.1 Å². The van der Waals surface area contributed by atoms with Crippen LogP contribution in [0.4, 0.5) is 10.1 Å². The number of anilines is 1. The number of allylic oxidation sites excluding steroid dienone is 4. The van der Waals surface area contributed by atoms with Crippen molar-refractivity contribution in [3.05, 3.63) is 54.4 Å². The predicted octanol–water partition coefficient (Wildman–Crippen LogP) is 2.55. The molecular weight excluding hydrogens is 281 g/mol. The first-order valence-electron chi connectivity index (χ1n) is 7.67. The Labute approximate surface area is 127 Å². The van der Waals surface area contributed by atoms with E-state index in [2.05, 4.69) is 24.3 Å². The van der Waals surface area contributed by atoms with Crippen molar-refractivity contribution in [3.8, 4) is 0 Å². The Morgan fingerprint density at radius 2 is 1.27 bits per heavy atom. The number of benzene rings is 1. The van der Waals surface area contributed by atoms with Crippen molar-refractivity contribution in [3.63, 3.8) is 0 Å². The molecular formula is C18H14FNO2. The molecule has 1 saturated heterocycles. The van der Waals surface area contributed by atoms with E-state index in [-0.39, 0.29) is 41.2 Å². The van der Waals surface area contributed by atoms with Crippen LogP contribution in [0.15, 0.2) is 48.6 Å². The lowest BCUT2D eigenvalue weighted by Crippen LogP contribution is -2.50. The number of carbonyl (C=O) groups is 2. The first-order chi connectivity index (χ1) is 10.7. The lowest BCUT2D eigenvalue weighted by Gasteiger charge is -2.51. The van der Waals surface area contributed by atoms with Gasteiger partial charge in [-0.25, -0.2) is 9.29 Å². The second kappa shape index (κ2) is 3.94. The van der Waals surface area contributed by atoms with Gasteiger partial charge >= 0.3 is 0 Å². The van der Waals surface area contributed by atoms with Gasteiger partial charge in [-0.15, -0.1) is 0 Å². The third kappa shape index (κ3) is 1.27. The average Bonchev–Trinajstić information content (AvgIpc) is 2.73. The van der Waals surface area contributed by atoms with Gasteiger partial charge in [0.2, 0.25) is 11.8 Å². The van der Waals surface area contributed by atoms with Crippen LogP contribution in [0.5, 0.6) is 0 Å². The fraction of sp³-hybridized carbons (Fsp3) is 0.333. The van der Waals surface area contributed by atoms with Crippen LogP contribution in [0.1, 0.15) is 0 Å². The Hall–Kier alpha value is -2.23. The van der Waals surface area contributed by atoms with Gasteiger partial charge in [-0.3, -0.25) is 9.59 Å². The van der Waals surface area contributed by atoms with E-state index < -0.39 is 5.82 Å². The summed E-state index contributed by atoms with van der Waals surface area (Å²) in [7, 11) is 0. The van der Waals surface area contributed by atoms with Gasteiger partial charge in [0.15, 0.2) is 0 Å². The number of hydrogen-bond acceptors (Lipinski definition) is 2. The molecule has 1 heterocycles. The lowest BCUT2D eigenvalue weighted by molar-refractivity contribution is -0.127. The van der Waals surface area contributed by atoms with Crippen molar-refractivity contribution in [2.75, 3.05) is 4.90 Å². The summed E-state index contributed by atoms with van der Waals surface area (Å²) in [5.74, 6) is -0.749. The molecule has 110 valence electrons. The smallest absolute Gasteiger partial charge is 0.238 e. The fourth-order valence-corrected chi connectivity index (χ4v) is 4.76. The summed E-state index contributed by atoms with van der Waals surface area (Å²) in [6.07, 6.45) is 8.47. The largest absolute Gasteiger partial charge is 0.274 e. The first-order valence-corrected chi connectivity index (χ1v) is 7.67. The Kier molecular flexibility index (Phi) is 2.21. The van der Waals surface area contributed by atoms with Crippen LogP contribution in [0.25, 0.3) is 0 Å². The summed E-state index contributed by atoms with van der Waals surface area (Å²) in [4.78, 5) is 26.8. The molecule has 0 unspecified atom stereocenters. The molecule has 1 aromatic rings. The molecule has 1 saturated carbocycles. The predicted molar refractivity (Wildman–Crippen MR) is 78.1 cm³/mol. The number of nitrogens with zero attached hydrogens (tertiary/aromatic N) is 1. The highest BCUT2D eigenvalue weighted by atomic mass is 19.1. The summed E-state index contributed by atoms with van der Waals surface area (Å²) >= 11 is 0. The molecule has 2 amide bonds. The second-order valence-corrected chi connectivity index (χ2v) is 6.59. The number of rotatable bonds is 1. The fourth-order valence-electron chi connectivity index (χ4n) is 4.76. The van der Waals surface area contributed by atoms with Gasteiger partial charge in [0, 0.05) is 0 Å². The monoisotopic (exact) mass is 295 g/mol. The van der Waals surface area contributed by atoms with E-state index in [1.807, 2.05) is 0 Å². The maximum Gasteiger partial charge on any atom is 0.238 e. The minimum atomic E-state index is -0.524. The van der Waals surface area contributed by atoms with Gasteiger partial charge in [0.1, 0.15) is 5.82 Å². The van der Waals surface area contributed by atoms with Gasteiger partial charge in [-0.05, 0) is 35.8 Å². The molecule has 1 aliphatic heterocycles. The minimum absolute atomic E-state index is 0.0817. The molecule has 1 aromatic carbocycles. The van der Waals surface area contributed by atoms with Gasteiger partial charge in [-0.2, -0.15) is 0 Å². The maximum atomic E-state index is 14.1. The van der Waals surface area contributed by atoms with E-state index in [9.17, 15) is 14.0 Å². The molecule has 22 heavy (non-hydrogen) atoms. The van der Waals surface area contributed by atoms with E-state index >= 15 is 0 Å². The van der Waals surface area contributed by atoms with E-state index in [0.717, 1.165) is 4.90 Å². The van der Waals surface area contributed by atoms with Crippen molar-refractivity contribution >= 4 is 17.5 Å². The zero-order chi connectivity index (χ0) is 15.0. The van der Waals surface area contributed by atoms with Crippen molar-refractivity contribution in [2.45, 2.75) is 0 Å². The van der Waals surface area contributed by atoms with Crippen molar-refractivity contribution in [1.29, 1.82) is 0 Å². The Morgan fingerprint density at radius 3 is 1.77 bits per heavy atom. The van der Waals surface area contributed by atoms with Crippen LogP contribution in [0.2, 0.25) is 0 Å².